The predicted molar refractivity (Wildman–Crippen MR) is 140 cm³/mol. The van der Waals surface area contributed by atoms with Gasteiger partial charge in [-0.3, -0.25) is 4.90 Å². The lowest BCUT2D eigenvalue weighted by Crippen LogP contribution is -2.44. The average Bonchev–Trinajstić information content (AvgIpc) is 3.18. The SMILES string of the molecule is CN(C(=O)OCC1c2ccccc2-c2ccccc21)[C@@H](Cc1ccccc1C(=O)OC(C)(C)C)C(=O)O. The van der Waals surface area contributed by atoms with Crippen LogP contribution in [-0.2, 0) is 20.7 Å². The van der Waals surface area contributed by atoms with Gasteiger partial charge in [0, 0.05) is 19.4 Å². The van der Waals surface area contributed by atoms with Gasteiger partial charge >= 0.3 is 18.0 Å². The maximum atomic E-state index is 13.0. The van der Waals surface area contributed by atoms with E-state index in [9.17, 15) is 19.5 Å². The molecule has 37 heavy (non-hydrogen) atoms. The third kappa shape index (κ3) is 5.66. The van der Waals surface area contributed by atoms with Crippen LogP contribution >= 0.6 is 0 Å². The number of rotatable bonds is 7. The molecule has 3 aromatic carbocycles. The molecule has 0 saturated carbocycles. The fourth-order valence-corrected chi connectivity index (χ4v) is 4.65. The number of carboxylic acids is 1. The zero-order valence-corrected chi connectivity index (χ0v) is 21.4. The number of benzene rings is 3. The first-order valence-electron chi connectivity index (χ1n) is 12.2. The lowest BCUT2D eigenvalue weighted by Gasteiger charge is -2.26. The van der Waals surface area contributed by atoms with E-state index >= 15 is 0 Å². The Morgan fingerprint density at radius 2 is 1.43 bits per heavy atom. The van der Waals surface area contributed by atoms with Crippen LogP contribution in [0.2, 0.25) is 0 Å². The zero-order chi connectivity index (χ0) is 26.7. The van der Waals surface area contributed by atoms with Crippen molar-refractivity contribution in [3.8, 4) is 11.1 Å². The molecule has 0 heterocycles. The molecule has 0 radical (unpaired) electrons. The summed E-state index contributed by atoms with van der Waals surface area (Å²) >= 11 is 0. The van der Waals surface area contributed by atoms with Crippen LogP contribution in [0.25, 0.3) is 11.1 Å². The number of hydrogen-bond acceptors (Lipinski definition) is 5. The maximum Gasteiger partial charge on any atom is 0.410 e. The molecule has 1 atom stereocenters. The molecule has 7 nitrogen and oxygen atoms in total. The summed E-state index contributed by atoms with van der Waals surface area (Å²) in [5.41, 5.74) is 4.39. The quantitative estimate of drug-likeness (QED) is 0.429. The highest BCUT2D eigenvalue weighted by atomic mass is 16.6. The van der Waals surface area contributed by atoms with Crippen molar-refractivity contribution in [3.63, 3.8) is 0 Å². The molecule has 1 amide bonds. The van der Waals surface area contributed by atoms with Gasteiger partial charge < -0.3 is 14.6 Å². The molecule has 7 heteroatoms. The number of fused-ring (bicyclic) bond motifs is 3. The highest BCUT2D eigenvalue weighted by Gasteiger charge is 2.33. The van der Waals surface area contributed by atoms with Crippen LogP contribution in [0.3, 0.4) is 0 Å². The van der Waals surface area contributed by atoms with Gasteiger partial charge in [0.1, 0.15) is 18.2 Å². The van der Waals surface area contributed by atoms with Crippen molar-refractivity contribution in [2.24, 2.45) is 0 Å². The number of ether oxygens (including phenoxy) is 2. The summed E-state index contributed by atoms with van der Waals surface area (Å²) < 4.78 is 11.1. The molecular formula is C30H31NO6. The number of carbonyl (C=O) groups is 3. The average molecular weight is 502 g/mol. The number of carboxylic acid groups (broad SMARTS) is 1. The molecule has 0 bridgehead atoms. The summed E-state index contributed by atoms with van der Waals surface area (Å²) in [6.07, 6.45) is -0.824. The minimum atomic E-state index is -1.24. The molecule has 3 aromatic rings. The molecule has 1 aliphatic rings. The molecule has 1 aliphatic carbocycles. The van der Waals surface area contributed by atoms with Crippen molar-refractivity contribution >= 4 is 18.0 Å². The second kappa shape index (κ2) is 10.5. The molecule has 0 spiro atoms. The molecule has 0 fully saturated rings. The number of likely N-dealkylation sites (N-methyl/N-ethyl adjacent to an activating group) is 1. The van der Waals surface area contributed by atoms with Gasteiger partial charge in [0.2, 0.25) is 0 Å². The standard InChI is InChI=1S/C30H31NO6/c1-30(2,3)37-28(34)20-12-6-5-11-19(20)17-26(27(32)33)31(4)29(35)36-18-25-23-15-9-7-13-21(23)22-14-8-10-16-24(22)25/h5-16,25-26H,17-18H2,1-4H3,(H,32,33)/t26-/m0/s1. The van der Waals surface area contributed by atoms with E-state index in [2.05, 4.69) is 0 Å². The topological polar surface area (TPSA) is 93.1 Å². The summed E-state index contributed by atoms with van der Waals surface area (Å²) in [5.74, 6) is -1.88. The Morgan fingerprint density at radius 1 is 0.892 bits per heavy atom. The fourth-order valence-electron chi connectivity index (χ4n) is 4.65. The molecule has 0 aliphatic heterocycles. The lowest BCUT2D eigenvalue weighted by molar-refractivity contribution is -0.142. The Balaban J connectivity index is 1.49. The van der Waals surface area contributed by atoms with Gasteiger partial charge in [0.25, 0.3) is 0 Å². The van der Waals surface area contributed by atoms with Crippen LogP contribution in [0, 0.1) is 0 Å². The van der Waals surface area contributed by atoms with Crippen molar-refractivity contribution in [2.45, 2.75) is 44.8 Å². The number of aliphatic carboxylic acids is 1. The van der Waals surface area contributed by atoms with Crippen molar-refractivity contribution in [3.05, 3.63) is 95.1 Å². The third-order valence-corrected chi connectivity index (χ3v) is 6.43. The van der Waals surface area contributed by atoms with Crippen LogP contribution in [0.5, 0.6) is 0 Å². The minimum Gasteiger partial charge on any atom is -0.480 e. The highest BCUT2D eigenvalue weighted by molar-refractivity contribution is 5.92. The monoisotopic (exact) mass is 501 g/mol. The first-order chi connectivity index (χ1) is 17.6. The van der Waals surface area contributed by atoms with Gasteiger partial charge in [-0.2, -0.15) is 0 Å². The lowest BCUT2D eigenvalue weighted by atomic mass is 9.98. The highest BCUT2D eigenvalue weighted by Crippen LogP contribution is 2.44. The first-order valence-corrected chi connectivity index (χ1v) is 12.2. The van der Waals surface area contributed by atoms with E-state index < -0.39 is 29.7 Å². The van der Waals surface area contributed by atoms with Crippen molar-refractivity contribution < 1.29 is 29.0 Å². The van der Waals surface area contributed by atoms with E-state index in [1.165, 1.54) is 7.05 Å². The van der Waals surface area contributed by atoms with Crippen LogP contribution in [0.15, 0.2) is 72.8 Å². The molecule has 192 valence electrons. The summed E-state index contributed by atoms with van der Waals surface area (Å²) in [7, 11) is 1.40. The minimum absolute atomic E-state index is 0.0779. The summed E-state index contributed by atoms with van der Waals surface area (Å²) in [4.78, 5) is 39.0. The Labute approximate surface area is 216 Å². The number of nitrogens with zero attached hydrogens (tertiary/aromatic N) is 1. The van der Waals surface area contributed by atoms with E-state index in [4.69, 9.17) is 9.47 Å². The molecule has 0 aromatic heterocycles. The summed E-state index contributed by atoms with van der Waals surface area (Å²) in [6.45, 7) is 5.37. The first kappa shape index (κ1) is 25.9. The van der Waals surface area contributed by atoms with E-state index in [1.54, 1.807) is 45.0 Å². The van der Waals surface area contributed by atoms with Crippen LogP contribution < -0.4 is 0 Å². The van der Waals surface area contributed by atoms with Crippen molar-refractivity contribution in [1.29, 1.82) is 0 Å². The van der Waals surface area contributed by atoms with E-state index in [0.717, 1.165) is 27.2 Å². The second-order valence-electron chi connectivity index (χ2n) is 10.1. The largest absolute Gasteiger partial charge is 0.480 e. The van der Waals surface area contributed by atoms with Crippen molar-refractivity contribution in [1.82, 2.24) is 4.90 Å². The fraction of sp³-hybridized carbons (Fsp3) is 0.300. The Hall–Kier alpha value is -4.13. The van der Waals surface area contributed by atoms with Crippen LogP contribution in [0.1, 0.15) is 53.7 Å². The van der Waals surface area contributed by atoms with Gasteiger partial charge in [0.15, 0.2) is 0 Å². The molecule has 4 rings (SSSR count). The molecule has 0 unspecified atom stereocenters. The Morgan fingerprint density at radius 3 is 2.00 bits per heavy atom. The van der Waals surface area contributed by atoms with E-state index in [-0.39, 0.29) is 24.5 Å². The van der Waals surface area contributed by atoms with Gasteiger partial charge in [-0.15, -0.1) is 0 Å². The zero-order valence-electron chi connectivity index (χ0n) is 21.4. The summed E-state index contributed by atoms with van der Waals surface area (Å²) in [6, 6.07) is 21.4. The number of esters is 1. The Kier molecular flexibility index (Phi) is 7.34. The third-order valence-electron chi connectivity index (χ3n) is 6.43. The predicted octanol–water partition coefficient (Wildman–Crippen LogP) is 5.52. The van der Waals surface area contributed by atoms with Crippen molar-refractivity contribution in [2.75, 3.05) is 13.7 Å². The molecule has 0 saturated heterocycles. The number of amides is 1. The Bertz CT molecular complexity index is 1280. The number of hydrogen-bond donors (Lipinski definition) is 1. The van der Waals surface area contributed by atoms with E-state index in [1.807, 2.05) is 48.5 Å². The normalized spacial score (nSPS) is 13.3. The maximum absolute atomic E-state index is 13.0. The van der Waals surface area contributed by atoms with Crippen LogP contribution in [-0.4, -0.2) is 53.3 Å². The molecule has 1 N–H and O–H groups in total. The van der Waals surface area contributed by atoms with E-state index in [0.29, 0.717) is 5.56 Å². The van der Waals surface area contributed by atoms with Crippen LogP contribution in [0.4, 0.5) is 4.79 Å². The smallest absolute Gasteiger partial charge is 0.410 e. The van der Waals surface area contributed by atoms with Gasteiger partial charge in [0.05, 0.1) is 5.56 Å². The summed E-state index contributed by atoms with van der Waals surface area (Å²) in [5, 5.41) is 9.94. The second-order valence-corrected chi connectivity index (χ2v) is 10.1. The number of carbonyl (C=O) groups excluding carboxylic acids is 2. The van der Waals surface area contributed by atoms with Gasteiger partial charge in [-0.05, 0) is 54.7 Å². The molecular weight excluding hydrogens is 470 g/mol. The van der Waals surface area contributed by atoms with Gasteiger partial charge in [-0.25, -0.2) is 14.4 Å². The van der Waals surface area contributed by atoms with Gasteiger partial charge in [-0.1, -0.05) is 66.7 Å².